The lowest BCUT2D eigenvalue weighted by atomic mass is 10.2. The summed E-state index contributed by atoms with van der Waals surface area (Å²) >= 11 is 5.56. The molecule has 0 amide bonds. The van der Waals surface area contributed by atoms with Crippen molar-refractivity contribution in [2.75, 3.05) is 0 Å². The Kier molecular flexibility index (Phi) is 2.90. The van der Waals surface area contributed by atoms with Gasteiger partial charge in [-0.1, -0.05) is 0 Å². The number of aryl methyl sites for hydroxylation is 2. The summed E-state index contributed by atoms with van der Waals surface area (Å²) in [6, 6.07) is 8.88. The lowest BCUT2D eigenvalue weighted by Crippen LogP contribution is -1.67. The highest BCUT2D eigenvalue weighted by atomic mass is 32.1. The molecule has 0 atom stereocenters. The first kappa shape index (κ1) is 11.2. The maximum atomic E-state index is 2.25. The van der Waals surface area contributed by atoms with Gasteiger partial charge in [0.05, 0.1) is 0 Å². The Balaban J connectivity index is 2.05. The third kappa shape index (κ3) is 1.99. The third-order valence-electron chi connectivity index (χ3n) is 2.78. The molecule has 3 aromatic rings. The standard InChI is InChI=1S/C14H12S3/c1-9-5-7-15-13(9)11-3-4-12(17-11)14-10(2)6-8-16-14/h3-8H,1-2H3. The van der Waals surface area contributed by atoms with E-state index in [1.54, 1.807) is 0 Å². The quantitative estimate of drug-likeness (QED) is 0.553. The summed E-state index contributed by atoms with van der Waals surface area (Å²) < 4.78 is 0. The van der Waals surface area contributed by atoms with Crippen LogP contribution in [-0.2, 0) is 0 Å². The van der Waals surface area contributed by atoms with E-state index in [4.69, 9.17) is 0 Å². The Bertz CT molecular complexity index is 585. The zero-order valence-corrected chi connectivity index (χ0v) is 12.1. The molecule has 0 spiro atoms. The van der Waals surface area contributed by atoms with Gasteiger partial charge in [0.2, 0.25) is 0 Å². The molecule has 17 heavy (non-hydrogen) atoms. The van der Waals surface area contributed by atoms with Gasteiger partial charge in [0.1, 0.15) is 0 Å². The average Bonchev–Trinajstić information content (AvgIpc) is 2.97. The van der Waals surface area contributed by atoms with Gasteiger partial charge in [-0.3, -0.25) is 0 Å². The van der Waals surface area contributed by atoms with Crippen LogP contribution < -0.4 is 0 Å². The van der Waals surface area contributed by atoms with E-state index in [9.17, 15) is 0 Å². The molecule has 3 heteroatoms. The van der Waals surface area contributed by atoms with Crippen LogP contribution in [0, 0.1) is 13.8 Å². The van der Waals surface area contributed by atoms with Crippen molar-refractivity contribution in [3.63, 3.8) is 0 Å². The molecular weight excluding hydrogens is 264 g/mol. The number of hydrogen-bond donors (Lipinski definition) is 0. The van der Waals surface area contributed by atoms with Gasteiger partial charge in [0, 0.05) is 19.5 Å². The van der Waals surface area contributed by atoms with Gasteiger partial charge in [-0.2, -0.15) is 0 Å². The number of thiophene rings is 3. The fraction of sp³-hybridized carbons (Fsp3) is 0.143. The predicted molar refractivity (Wildman–Crippen MR) is 80.4 cm³/mol. The molecule has 0 saturated carbocycles. The molecule has 0 aromatic carbocycles. The minimum absolute atomic E-state index is 1.38. The monoisotopic (exact) mass is 276 g/mol. The molecule has 0 aliphatic heterocycles. The van der Waals surface area contributed by atoms with Gasteiger partial charge in [0.25, 0.3) is 0 Å². The van der Waals surface area contributed by atoms with Crippen molar-refractivity contribution in [1.82, 2.24) is 0 Å². The lowest BCUT2D eigenvalue weighted by Gasteiger charge is -1.95. The number of rotatable bonds is 2. The molecule has 86 valence electrons. The summed E-state index contributed by atoms with van der Waals surface area (Å²) in [4.78, 5) is 5.60. The zero-order valence-electron chi connectivity index (χ0n) is 9.69. The van der Waals surface area contributed by atoms with E-state index in [1.165, 1.54) is 30.6 Å². The van der Waals surface area contributed by atoms with Crippen molar-refractivity contribution in [2.24, 2.45) is 0 Å². The molecule has 3 heterocycles. The minimum Gasteiger partial charge on any atom is -0.143 e. The van der Waals surface area contributed by atoms with Crippen LogP contribution in [0.25, 0.3) is 19.5 Å². The molecule has 3 rings (SSSR count). The normalized spacial score (nSPS) is 10.9. The largest absolute Gasteiger partial charge is 0.143 e. The highest BCUT2D eigenvalue weighted by molar-refractivity contribution is 7.25. The lowest BCUT2D eigenvalue weighted by molar-refractivity contribution is 1.56. The van der Waals surface area contributed by atoms with Crippen molar-refractivity contribution in [3.8, 4) is 19.5 Å². The molecule has 0 radical (unpaired) electrons. The molecule has 3 aromatic heterocycles. The molecule has 0 unspecified atom stereocenters. The van der Waals surface area contributed by atoms with E-state index in [-0.39, 0.29) is 0 Å². The highest BCUT2D eigenvalue weighted by Gasteiger charge is 2.10. The van der Waals surface area contributed by atoms with Crippen LogP contribution in [0.1, 0.15) is 11.1 Å². The number of hydrogen-bond acceptors (Lipinski definition) is 3. The van der Waals surface area contributed by atoms with E-state index in [0.717, 1.165) is 0 Å². The second-order valence-electron chi connectivity index (χ2n) is 4.03. The van der Waals surface area contributed by atoms with Crippen LogP contribution in [-0.4, -0.2) is 0 Å². The Hall–Kier alpha value is -0.900. The van der Waals surface area contributed by atoms with Crippen LogP contribution >= 0.6 is 34.0 Å². The van der Waals surface area contributed by atoms with E-state index in [2.05, 4.69) is 48.9 Å². The van der Waals surface area contributed by atoms with Gasteiger partial charge < -0.3 is 0 Å². The third-order valence-corrected chi connectivity index (χ3v) is 6.26. The van der Waals surface area contributed by atoms with E-state index < -0.39 is 0 Å². The summed E-state index contributed by atoms with van der Waals surface area (Å²) in [6.07, 6.45) is 0. The summed E-state index contributed by atoms with van der Waals surface area (Å²) in [5, 5.41) is 4.33. The smallest absolute Gasteiger partial charge is 0.0471 e. The second-order valence-corrected chi connectivity index (χ2v) is 6.95. The van der Waals surface area contributed by atoms with Crippen LogP contribution in [0.5, 0.6) is 0 Å². The maximum Gasteiger partial charge on any atom is 0.0471 e. The second kappa shape index (κ2) is 4.41. The fourth-order valence-corrected chi connectivity index (χ4v) is 5.08. The zero-order chi connectivity index (χ0) is 11.8. The molecular formula is C14H12S3. The average molecular weight is 276 g/mol. The molecule has 0 N–H and O–H groups in total. The predicted octanol–water partition coefficient (Wildman–Crippen LogP) is 5.82. The van der Waals surface area contributed by atoms with Gasteiger partial charge in [-0.25, -0.2) is 0 Å². The summed E-state index contributed by atoms with van der Waals surface area (Å²) in [5.74, 6) is 0. The van der Waals surface area contributed by atoms with Crippen molar-refractivity contribution >= 4 is 34.0 Å². The van der Waals surface area contributed by atoms with Crippen LogP contribution in [0.2, 0.25) is 0 Å². The van der Waals surface area contributed by atoms with Crippen LogP contribution in [0.15, 0.2) is 35.0 Å². The van der Waals surface area contributed by atoms with Crippen molar-refractivity contribution in [2.45, 2.75) is 13.8 Å². The summed E-state index contributed by atoms with van der Waals surface area (Å²) in [5.41, 5.74) is 2.76. The van der Waals surface area contributed by atoms with Crippen LogP contribution in [0.3, 0.4) is 0 Å². The summed E-state index contributed by atoms with van der Waals surface area (Å²) in [6.45, 7) is 4.36. The first-order valence-corrected chi connectivity index (χ1v) is 8.02. The molecule has 0 saturated heterocycles. The molecule has 0 bridgehead atoms. The van der Waals surface area contributed by atoms with Gasteiger partial charge in [0.15, 0.2) is 0 Å². The SMILES string of the molecule is Cc1ccsc1-c1ccc(-c2sccc2C)s1. The molecule has 0 fully saturated rings. The topological polar surface area (TPSA) is 0 Å². The van der Waals surface area contributed by atoms with E-state index >= 15 is 0 Å². The minimum atomic E-state index is 1.38. The van der Waals surface area contributed by atoms with E-state index in [1.807, 2.05) is 34.0 Å². The molecule has 0 nitrogen and oxygen atoms in total. The Morgan fingerprint density at radius 2 is 1.18 bits per heavy atom. The van der Waals surface area contributed by atoms with Gasteiger partial charge >= 0.3 is 0 Å². The van der Waals surface area contributed by atoms with Crippen molar-refractivity contribution in [3.05, 3.63) is 46.2 Å². The van der Waals surface area contributed by atoms with E-state index in [0.29, 0.717) is 0 Å². The van der Waals surface area contributed by atoms with Gasteiger partial charge in [-0.15, -0.1) is 34.0 Å². The summed E-state index contributed by atoms with van der Waals surface area (Å²) in [7, 11) is 0. The molecule has 0 aliphatic carbocycles. The highest BCUT2D eigenvalue weighted by Crippen LogP contribution is 2.40. The van der Waals surface area contributed by atoms with Gasteiger partial charge in [-0.05, 0) is 60.0 Å². The van der Waals surface area contributed by atoms with Crippen LogP contribution in [0.4, 0.5) is 0 Å². The Labute approximate surface area is 113 Å². The van der Waals surface area contributed by atoms with Crippen molar-refractivity contribution < 1.29 is 0 Å². The Morgan fingerprint density at radius 1 is 0.706 bits per heavy atom. The first-order valence-electron chi connectivity index (χ1n) is 5.44. The first-order chi connectivity index (χ1) is 8.25. The fourth-order valence-electron chi connectivity index (χ4n) is 1.83. The molecule has 0 aliphatic rings. The maximum absolute atomic E-state index is 2.25. The van der Waals surface area contributed by atoms with Crippen molar-refractivity contribution in [1.29, 1.82) is 0 Å². The Morgan fingerprint density at radius 3 is 1.53 bits per heavy atom.